The first kappa shape index (κ1) is 11.0. The van der Waals surface area contributed by atoms with Crippen LogP contribution in [-0.4, -0.2) is 7.11 Å². The maximum absolute atomic E-state index is 5.44. The van der Waals surface area contributed by atoms with Gasteiger partial charge in [0.15, 0.2) is 0 Å². The summed E-state index contributed by atoms with van der Waals surface area (Å²) >= 11 is 0. The maximum Gasteiger partial charge on any atom is 0.122 e. The number of methoxy groups -OCH3 is 1. The molecule has 1 aliphatic carbocycles. The van der Waals surface area contributed by atoms with E-state index in [1.807, 2.05) is 12.1 Å². The van der Waals surface area contributed by atoms with Crippen molar-refractivity contribution in [2.45, 2.75) is 25.7 Å². The molecule has 0 saturated heterocycles. The lowest BCUT2D eigenvalue weighted by molar-refractivity contribution is 0.406. The Morgan fingerprint density at radius 2 is 2.12 bits per heavy atom. The monoisotopic (exact) mass is 214 g/mol. The molecule has 1 aromatic rings. The lowest BCUT2D eigenvalue weighted by Gasteiger charge is -2.19. The zero-order valence-electron chi connectivity index (χ0n) is 9.94. The molecule has 1 aliphatic rings. The van der Waals surface area contributed by atoms with Crippen molar-refractivity contribution in [3.63, 3.8) is 0 Å². The van der Waals surface area contributed by atoms with Crippen molar-refractivity contribution in [1.29, 1.82) is 0 Å². The van der Waals surface area contributed by atoms with Crippen LogP contribution < -0.4 is 4.74 Å². The summed E-state index contributed by atoms with van der Waals surface area (Å²) in [4.78, 5) is 0. The normalized spacial score (nSPS) is 16.0. The average Bonchev–Trinajstić information content (AvgIpc) is 2.84. The van der Waals surface area contributed by atoms with E-state index in [0.29, 0.717) is 5.92 Å². The minimum Gasteiger partial charge on any atom is -0.496 e. The second-order valence-corrected chi connectivity index (χ2v) is 4.08. The third-order valence-corrected chi connectivity index (χ3v) is 3.17. The number of allylic oxidation sites excluding steroid dienone is 4. The van der Waals surface area contributed by atoms with Crippen molar-refractivity contribution in [2.75, 3.05) is 7.11 Å². The van der Waals surface area contributed by atoms with Gasteiger partial charge in [-0.15, -0.1) is 0 Å². The molecule has 0 bridgehead atoms. The molecule has 1 aromatic carbocycles. The van der Waals surface area contributed by atoms with Gasteiger partial charge in [-0.05, 0) is 18.9 Å². The average molecular weight is 214 g/mol. The third-order valence-electron chi connectivity index (χ3n) is 3.17. The highest BCUT2D eigenvalue weighted by Crippen LogP contribution is 2.36. The van der Waals surface area contributed by atoms with E-state index in [1.165, 1.54) is 11.1 Å². The Morgan fingerprint density at radius 3 is 2.75 bits per heavy atom. The lowest BCUT2D eigenvalue weighted by Crippen LogP contribution is -2.02. The van der Waals surface area contributed by atoms with Gasteiger partial charge >= 0.3 is 0 Å². The van der Waals surface area contributed by atoms with Crippen LogP contribution in [0.15, 0.2) is 48.1 Å². The molecule has 0 N–H and O–H groups in total. The summed E-state index contributed by atoms with van der Waals surface area (Å²) in [6.45, 7) is 2.23. The van der Waals surface area contributed by atoms with E-state index in [1.54, 1.807) is 7.11 Å². The Balaban J connectivity index is 2.33. The van der Waals surface area contributed by atoms with E-state index in [9.17, 15) is 0 Å². The highest BCUT2D eigenvalue weighted by atomic mass is 16.5. The van der Waals surface area contributed by atoms with Crippen LogP contribution in [0.3, 0.4) is 0 Å². The van der Waals surface area contributed by atoms with Gasteiger partial charge in [0, 0.05) is 11.5 Å². The molecule has 0 aromatic heterocycles. The van der Waals surface area contributed by atoms with E-state index in [4.69, 9.17) is 4.74 Å². The number of hydrogen-bond acceptors (Lipinski definition) is 1. The Kier molecular flexibility index (Phi) is 3.45. The molecule has 0 aliphatic heterocycles. The van der Waals surface area contributed by atoms with Crippen molar-refractivity contribution in [3.05, 3.63) is 53.6 Å². The highest BCUT2D eigenvalue weighted by molar-refractivity contribution is 5.43. The van der Waals surface area contributed by atoms with Crippen LogP contribution in [0.25, 0.3) is 0 Å². The maximum atomic E-state index is 5.44. The third kappa shape index (κ3) is 2.04. The van der Waals surface area contributed by atoms with E-state index in [0.717, 1.165) is 18.6 Å². The molecular formula is C15H18O. The van der Waals surface area contributed by atoms with E-state index in [-0.39, 0.29) is 0 Å². The van der Waals surface area contributed by atoms with Gasteiger partial charge in [-0.1, -0.05) is 48.9 Å². The molecule has 0 fully saturated rings. The fourth-order valence-corrected chi connectivity index (χ4v) is 2.36. The van der Waals surface area contributed by atoms with Gasteiger partial charge in [0.05, 0.1) is 7.11 Å². The van der Waals surface area contributed by atoms with Crippen LogP contribution >= 0.6 is 0 Å². The fourth-order valence-electron chi connectivity index (χ4n) is 2.36. The topological polar surface area (TPSA) is 9.23 Å². The zero-order valence-corrected chi connectivity index (χ0v) is 9.94. The van der Waals surface area contributed by atoms with E-state index in [2.05, 4.69) is 37.3 Å². The van der Waals surface area contributed by atoms with Gasteiger partial charge < -0.3 is 4.74 Å². The van der Waals surface area contributed by atoms with Crippen LogP contribution in [0.4, 0.5) is 0 Å². The molecule has 0 amide bonds. The second-order valence-electron chi connectivity index (χ2n) is 4.08. The Morgan fingerprint density at radius 1 is 1.31 bits per heavy atom. The van der Waals surface area contributed by atoms with Crippen LogP contribution in [0.1, 0.15) is 31.2 Å². The van der Waals surface area contributed by atoms with Gasteiger partial charge in [0.25, 0.3) is 0 Å². The molecule has 0 spiro atoms. The van der Waals surface area contributed by atoms with Crippen LogP contribution in [0.2, 0.25) is 0 Å². The van der Waals surface area contributed by atoms with Crippen molar-refractivity contribution in [1.82, 2.24) is 0 Å². The van der Waals surface area contributed by atoms with Crippen LogP contribution in [0, 0.1) is 0 Å². The standard InChI is InChI=1S/C15H18O/c1-3-13(12-8-4-5-9-12)14-10-6-7-11-15(14)16-2/h4-8,10-11,13H,3,9H2,1-2H3. The molecule has 0 saturated carbocycles. The largest absolute Gasteiger partial charge is 0.496 e. The SMILES string of the molecule is CCC(C1=CC=CC1)c1ccccc1OC. The minimum absolute atomic E-state index is 0.492. The first-order chi connectivity index (χ1) is 7.86. The number of hydrogen-bond donors (Lipinski definition) is 0. The van der Waals surface area contributed by atoms with Crippen molar-refractivity contribution < 1.29 is 4.74 Å². The molecular weight excluding hydrogens is 196 g/mol. The summed E-state index contributed by atoms with van der Waals surface area (Å²) < 4.78 is 5.44. The first-order valence-corrected chi connectivity index (χ1v) is 5.85. The van der Waals surface area contributed by atoms with Gasteiger partial charge in [-0.25, -0.2) is 0 Å². The summed E-state index contributed by atoms with van der Waals surface area (Å²) in [7, 11) is 1.74. The zero-order chi connectivity index (χ0) is 11.4. The summed E-state index contributed by atoms with van der Waals surface area (Å²) in [5, 5.41) is 0. The minimum atomic E-state index is 0.492. The van der Waals surface area contributed by atoms with Crippen LogP contribution in [-0.2, 0) is 0 Å². The number of para-hydroxylation sites is 1. The Hall–Kier alpha value is -1.50. The van der Waals surface area contributed by atoms with Crippen molar-refractivity contribution in [2.24, 2.45) is 0 Å². The Bertz CT molecular complexity index is 415. The summed E-state index contributed by atoms with van der Waals surface area (Å²) in [5.74, 6) is 1.49. The summed E-state index contributed by atoms with van der Waals surface area (Å²) in [5.41, 5.74) is 2.80. The van der Waals surface area contributed by atoms with Gasteiger partial charge in [0.2, 0.25) is 0 Å². The van der Waals surface area contributed by atoms with Gasteiger partial charge in [-0.2, -0.15) is 0 Å². The molecule has 1 heteroatoms. The van der Waals surface area contributed by atoms with Crippen LogP contribution in [0.5, 0.6) is 5.75 Å². The quantitative estimate of drug-likeness (QED) is 0.734. The predicted molar refractivity (Wildman–Crippen MR) is 67.9 cm³/mol. The molecule has 0 radical (unpaired) electrons. The van der Waals surface area contributed by atoms with Crippen molar-refractivity contribution in [3.8, 4) is 5.75 Å². The Labute approximate surface area is 97.4 Å². The predicted octanol–water partition coefficient (Wildman–Crippen LogP) is 4.08. The molecule has 1 nitrogen and oxygen atoms in total. The van der Waals surface area contributed by atoms with Crippen molar-refractivity contribution >= 4 is 0 Å². The van der Waals surface area contributed by atoms with E-state index >= 15 is 0 Å². The fraction of sp³-hybridized carbons (Fsp3) is 0.333. The molecule has 0 heterocycles. The highest BCUT2D eigenvalue weighted by Gasteiger charge is 2.18. The smallest absolute Gasteiger partial charge is 0.122 e. The number of ether oxygens (including phenoxy) is 1. The number of benzene rings is 1. The summed E-state index contributed by atoms with van der Waals surface area (Å²) in [6.07, 6.45) is 8.80. The second kappa shape index (κ2) is 5.02. The number of rotatable bonds is 4. The van der Waals surface area contributed by atoms with Gasteiger partial charge in [0.1, 0.15) is 5.75 Å². The first-order valence-electron chi connectivity index (χ1n) is 5.85. The molecule has 16 heavy (non-hydrogen) atoms. The molecule has 1 unspecified atom stereocenters. The molecule has 2 rings (SSSR count). The molecule has 84 valence electrons. The van der Waals surface area contributed by atoms with Gasteiger partial charge in [-0.3, -0.25) is 0 Å². The summed E-state index contributed by atoms with van der Waals surface area (Å²) in [6, 6.07) is 8.33. The molecule has 1 atom stereocenters. The lowest BCUT2D eigenvalue weighted by atomic mass is 9.87. The van der Waals surface area contributed by atoms with E-state index < -0.39 is 0 Å².